The van der Waals surface area contributed by atoms with Gasteiger partial charge in [0.25, 0.3) is 0 Å². The van der Waals surface area contributed by atoms with Crippen molar-refractivity contribution in [3.63, 3.8) is 0 Å². The maximum absolute atomic E-state index is 6.67. The van der Waals surface area contributed by atoms with Crippen LogP contribution in [0, 0.1) is 0 Å². The normalized spacial score (nSPS) is 11.8. The first-order chi connectivity index (χ1) is 23.3. The van der Waals surface area contributed by atoms with Gasteiger partial charge in [-0.05, 0) is 83.2 Å². The Bertz CT molecular complexity index is 2760. The molecule has 0 atom stereocenters. The second kappa shape index (κ2) is 10.2. The molecule has 0 saturated carbocycles. The molecule has 0 aliphatic rings. The molecule has 1 heteroatoms. The molecule has 0 aliphatic heterocycles. The maximum atomic E-state index is 6.67. The third kappa shape index (κ3) is 3.90. The highest BCUT2D eigenvalue weighted by Crippen LogP contribution is 2.45. The number of furan rings is 1. The van der Waals surface area contributed by atoms with E-state index in [4.69, 9.17) is 4.42 Å². The van der Waals surface area contributed by atoms with E-state index >= 15 is 0 Å². The summed E-state index contributed by atoms with van der Waals surface area (Å²) in [5.41, 5.74) is 9.23. The summed E-state index contributed by atoms with van der Waals surface area (Å²) >= 11 is 0. The van der Waals surface area contributed by atoms with E-state index in [0.717, 1.165) is 21.9 Å². The minimum Gasteiger partial charge on any atom is -0.455 e. The van der Waals surface area contributed by atoms with Gasteiger partial charge in [-0.3, -0.25) is 0 Å². The summed E-state index contributed by atoms with van der Waals surface area (Å²) in [7, 11) is 0. The van der Waals surface area contributed by atoms with Gasteiger partial charge in [0.15, 0.2) is 0 Å². The van der Waals surface area contributed by atoms with Crippen LogP contribution in [0.2, 0.25) is 0 Å². The molecule has 0 amide bonds. The lowest BCUT2D eigenvalue weighted by molar-refractivity contribution is 0.673. The zero-order valence-electron chi connectivity index (χ0n) is 25.6. The Balaban J connectivity index is 1.19. The Kier molecular flexibility index (Phi) is 5.64. The van der Waals surface area contributed by atoms with Crippen LogP contribution in [0.5, 0.6) is 0 Å². The van der Waals surface area contributed by atoms with E-state index < -0.39 is 0 Å². The molecule has 0 aliphatic carbocycles. The molecule has 10 rings (SSSR count). The van der Waals surface area contributed by atoms with Crippen LogP contribution < -0.4 is 0 Å². The fourth-order valence-corrected chi connectivity index (χ4v) is 7.78. The standard InChI is InChI=1S/C46H28O/c1-2-13-31(14-3-1)43-36-18-8-10-20-38(36)44(39-21-11-9-19-37(39)43)32-24-22-30(23-25-32)41-28-42-45(35-17-7-6-16-34(35)41)40-27-26-29-12-4-5-15-33(29)46(40)47-42/h1-28H. The van der Waals surface area contributed by atoms with Crippen LogP contribution in [-0.2, 0) is 0 Å². The van der Waals surface area contributed by atoms with Crippen molar-refractivity contribution in [2.45, 2.75) is 0 Å². The lowest BCUT2D eigenvalue weighted by atomic mass is 9.85. The fourth-order valence-electron chi connectivity index (χ4n) is 7.78. The molecule has 1 heterocycles. The van der Waals surface area contributed by atoms with E-state index in [-0.39, 0.29) is 0 Å². The molecule has 0 bridgehead atoms. The van der Waals surface area contributed by atoms with Crippen LogP contribution in [-0.4, -0.2) is 0 Å². The molecule has 9 aromatic carbocycles. The second-order valence-corrected chi connectivity index (χ2v) is 12.4. The molecule has 0 fully saturated rings. The third-order valence-corrected chi connectivity index (χ3v) is 9.85. The van der Waals surface area contributed by atoms with Gasteiger partial charge >= 0.3 is 0 Å². The Morgan fingerprint density at radius 3 is 1.45 bits per heavy atom. The Morgan fingerprint density at radius 1 is 0.319 bits per heavy atom. The summed E-state index contributed by atoms with van der Waals surface area (Å²) in [5, 5.41) is 12.2. The van der Waals surface area contributed by atoms with Crippen molar-refractivity contribution in [1.29, 1.82) is 0 Å². The highest BCUT2D eigenvalue weighted by atomic mass is 16.3. The first-order valence-corrected chi connectivity index (χ1v) is 16.2. The Labute approximate surface area is 271 Å². The topological polar surface area (TPSA) is 13.1 Å². The lowest BCUT2D eigenvalue weighted by Crippen LogP contribution is -1.91. The van der Waals surface area contributed by atoms with E-state index in [1.165, 1.54) is 76.5 Å². The van der Waals surface area contributed by atoms with Crippen molar-refractivity contribution in [2.75, 3.05) is 0 Å². The second-order valence-electron chi connectivity index (χ2n) is 12.4. The van der Waals surface area contributed by atoms with Gasteiger partial charge < -0.3 is 4.42 Å². The monoisotopic (exact) mass is 596 g/mol. The summed E-state index contributed by atoms with van der Waals surface area (Å²) in [6.07, 6.45) is 0. The molecule has 10 aromatic rings. The van der Waals surface area contributed by atoms with E-state index in [1.54, 1.807) is 0 Å². The van der Waals surface area contributed by atoms with Gasteiger partial charge in [-0.25, -0.2) is 0 Å². The average Bonchev–Trinajstić information content (AvgIpc) is 3.53. The molecule has 1 nitrogen and oxygen atoms in total. The van der Waals surface area contributed by atoms with E-state index in [9.17, 15) is 0 Å². The summed E-state index contributed by atoms with van der Waals surface area (Å²) < 4.78 is 6.67. The van der Waals surface area contributed by atoms with Crippen LogP contribution in [0.25, 0.3) is 98.4 Å². The maximum Gasteiger partial charge on any atom is 0.143 e. The number of fused-ring (bicyclic) bond motifs is 9. The Hall–Kier alpha value is -6.18. The van der Waals surface area contributed by atoms with Crippen molar-refractivity contribution in [1.82, 2.24) is 0 Å². The van der Waals surface area contributed by atoms with Crippen molar-refractivity contribution in [3.8, 4) is 33.4 Å². The van der Waals surface area contributed by atoms with E-state index in [2.05, 4.69) is 170 Å². The molecular formula is C46H28O. The minimum absolute atomic E-state index is 0.919. The predicted octanol–water partition coefficient (Wildman–Crippen LogP) is 13.2. The van der Waals surface area contributed by atoms with Crippen molar-refractivity contribution >= 4 is 65.0 Å². The molecule has 0 spiro atoms. The average molecular weight is 597 g/mol. The summed E-state index contributed by atoms with van der Waals surface area (Å²) in [6, 6.07) is 61.4. The highest BCUT2D eigenvalue weighted by molar-refractivity contribution is 6.26. The van der Waals surface area contributed by atoms with E-state index in [0.29, 0.717) is 0 Å². The number of benzene rings is 9. The molecule has 218 valence electrons. The van der Waals surface area contributed by atoms with Gasteiger partial charge in [0.05, 0.1) is 0 Å². The lowest BCUT2D eigenvalue weighted by Gasteiger charge is -2.18. The van der Waals surface area contributed by atoms with Gasteiger partial charge in [0, 0.05) is 16.2 Å². The third-order valence-electron chi connectivity index (χ3n) is 9.85. The van der Waals surface area contributed by atoms with Crippen molar-refractivity contribution in [2.24, 2.45) is 0 Å². The minimum atomic E-state index is 0.919. The zero-order chi connectivity index (χ0) is 30.9. The van der Waals surface area contributed by atoms with Crippen LogP contribution in [0.3, 0.4) is 0 Å². The summed E-state index contributed by atoms with van der Waals surface area (Å²) in [5.74, 6) is 0. The smallest absolute Gasteiger partial charge is 0.143 e. The molecule has 0 unspecified atom stereocenters. The van der Waals surface area contributed by atoms with Gasteiger partial charge in [-0.15, -0.1) is 0 Å². The summed E-state index contributed by atoms with van der Waals surface area (Å²) in [4.78, 5) is 0. The Morgan fingerprint density at radius 2 is 0.809 bits per heavy atom. The largest absolute Gasteiger partial charge is 0.455 e. The van der Waals surface area contributed by atoms with E-state index in [1.807, 2.05) is 0 Å². The molecule has 1 aromatic heterocycles. The van der Waals surface area contributed by atoms with Crippen molar-refractivity contribution in [3.05, 3.63) is 170 Å². The van der Waals surface area contributed by atoms with Crippen LogP contribution in [0.4, 0.5) is 0 Å². The first-order valence-electron chi connectivity index (χ1n) is 16.2. The quantitative estimate of drug-likeness (QED) is 0.185. The fraction of sp³-hybridized carbons (Fsp3) is 0. The van der Waals surface area contributed by atoms with Gasteiger partial charge in [0.2, 0.25) is 0 Å². The molecule has 0 saturated heterocycles. The first kappa shape index (κ1) is 26.1. The zero-order valence-corrected chi connectivity index (χ0v) is 25.6. The highest BCUT2D eigenvalue weighted by Gasteiger charge is 2.18. The number of rotatable bonds is 3. The SMILES string of the molecule is c1ccc(-c2c3ccccc3c(-c3ccc(-c4cc5oc6c7ccccc7ccc6c5c5ccccc45)cc3)c3ccccc23)cc1. The molecular weight excluding hydrogens is 569 g/mol. The van der Waals surface area contributed by atoms with Crippen LogP contribution in [0.15, 0.2) is 174 Å². The van der Waals surface area contributed by atoms with Gasteiger partial charge in [0.1, 0.15) is 11.2 Å². The van der Waals surface area contributed by atoms with Gasteiger partial charge in [-0.1, -0.05) is 158 Å². The van der Waals surface area contributed by atoms with Crippen LogP contribution in [0.1, 0.15) is 0 Å². The predicted molar refractivity (Wildman–Crippen MR) is 200 cm³/mol. The number of hydrogen-bond acceptors (Lipinski definition) is 1. The summed E-state index contributed by atoms with van der Waals surface area (Å²) in [6.45, 7) is 0. The van der Waals surface area contributed by atoms with Gasteiger partial charge in [-0.2, -0.15) is 0 Å². The molecule has 0 radical (unpaired) electrons. The molecule has 0 N–H and O–H groups in total. The van der Waals surface area contributed by atoms with Crippen molar-refractivity contribution < 1.29 is 4.42 Å². The molecule has 47 heavy (non-hydrogen) atoms. The van der Waals surface area contributed by atoms with Crippen LogP contribution >= 0.6 is 0 Å². The number of hydrogen-bond donors (Lipinski definition) is 0.